The van der Waals surface area contributed by atoms with E-state index in [-0.39, 0.29) is 30.7 Å². The van der Waals surface area contributed by atoms with Gasteiger partial charge in [-0.3, -0.25) is 9.59 Å². The second kappa shape index (κ2) is 5.28. The summed E-state index contributed by atoms with van der Waals surface area (Å²) in [4.78, 5) is 24.9. The molecule has 1 saturated heterocycles. The Labute approximate surface area is 117 Å². The lowest BCUT2D eigenvalue weighted by Gasteiger charge is -2.22. The van der Waals surface area contributed by atoms with Crippen LogP contribution in [0.1, 0.15) is 24.9 Å². The maximum atomic E-state index is 12.0. The third-order valence-corrected chi connectivity index (χ3v) is 3.59. The first-order valence-electron chi connectivity index (χ1n) is 6.60. The second-order valence-electron chi connectivity index (χ2n) is 5.58. The quantitative estimate of drug-likeness (QED) is 0.836. The van der Waals surface area contributed by atoms with Crippen LogP contribution < -0.4 is 5.32 Å². The van der Waals surface area contributed by atoms with E-state index < -0.39 is 5.60 Å². The van der Waals surface area contributed by atoms with Gasteiger partial charge in [-0.2, -0.15) is 0 Å². The molecule has 0 saturated carbocycles. The number of aryl methyl sites for hydroxylation is 1. The van der Waals surface area contributed by atoms with Crippen molar-refractivity contribution >= 4 is 11.8 Å². The Kier molecular flexibility index (Phi) is 3.85. The summed E-state index contributed by atoms with van der Waals surface area (Å²) in [5.74, 6) is 0.524. The van der Waals surface area contributed by atoms with Crippen molar-refractivity contribution in [1.29, 1.82) is 0 Å². The molecule has 110 valence electrons. The van der Waals surface area contributed by atoms with Gasteiger partial charge >= 0.3 is 0 Å². The maximum Gasteiger partial charge on any atom is 0.225 e. The number of furan rings is 1. The van der Waals surface area contributed by atoms with E-state index in [9.17, 15) is 14.7 Å². The second-order valence-corrected chi connectivity index (χ2v) is 5.58. The first-order chi connectivity index (χ1) is 9.29. The Balaban J connectivity index is 1.91. The van der Waals surface area contributed by atoms with Crippen LogP contribution in [0.3, 0.4) is 0 Å². The number of hydrogen-bond donors (Lipinski definition) is 2. The van der Waals surface area contributed by atoms with Crippen LogP contribution in [0.5, 0.6) is 0 Å². The SMILES string of the molecule is Cc1ccc(C(C)(O)CNC(=O)C2CC(=O)N(C)C2)o1. The van der Waals surface area contributed by atoms with Gasteiger partial charge in [-0.25, -0.2) is 0 Å². The minimum atomic E-state index is -1.27. The van der Waals surface area contributed by atoms with Gasteiger partial charge in [0.2, 0.25) is 11.8 Å². The molecule has 2 unspecified atom stereocenters. The van der Waals surface area contributed by atoms with E-state index in [0.717, 1.165) is 0 Å². The fraction of sp³-hybridized carbons (Fsp3) is 0.571. The molecule has 0 bridgehead atoms. The van der Waals surface area contributed by atoms with Crippen LogP contribution in [0.2, 0.25) is 0 Å². The lowest BCUT2D eigenvalue weighted by Crippen LogP contribution is -2.41. The molecule has 0 radical (unpaired) electrons. The standard InChI is InChI=1S/C14H20N2O4/c1-9-4-5-11(20-9)14(2,19)8-15-13(18)10-6-12(17)16(3)7-10/h4-5,10,19H,6-8H2,1-3H3,(H,15,18). The number of nitrogens with zero attached hydrogens (tertiary/aromatic N) is 1. The molecule has 0 aliphatic carbocycles. The summed E-state index contributed by atoms with van der Waals surface area (Å²) in [6, 6.07) is 3.45. The Morgan fingerprint density at radius 1 is 1.60 bits per heavy atom. The molecule has 2 heterocycles. The molecule has 1 aromatic rings. The topological polar surface area (TPSA) is 82.8 Å². The van der Waals surface area contributed by atoms with Gasteiger partial charge in [0.15, 0.2) is 0 Å². The van der Waals surface area contributed by atoms with E-state index in [4.69, 9.17) is 4.42 Å². The molecule has 1 aromatic heterocycles. The molecule has 0 aromatic carbocycles. The first-order valence-corrected chi connectivity index (χ1v) is 6.60. The number of likely N-dealkylation sites (tertiary alicyclic amines) is 1. The number of nitrogens with one attached hydrogen (secondary N) is 1. The van der Waals surface area contributed by atoms with Gasteiger partial charge in [0.25, 0.3) is 0 Å². The minimum Gasteiger partial charge on any atom is -0.463 e. The van der Waals surface area contributed by atoms with Gasteiger partial charge in [-0.05, 0) is 26.0 Å². The van der Waals surface area contributed by atoms with Gasteiger partial charge in [0.1, 0.15) is 17.1 Å². The Bertz CT molecular complexity index is 521. The van der Waals surface area contributed by atoms with Crippen molar-refractivity contribution in [1.82, 2.24) is 10.2 Å². The molecule has 1 fully saturated rings. The normalized spacial score (nSPS) is 21.9. The molecule has 6 nitrogen and oxygen atoms in total. The highest BCUT2D eigenvalue weighted by Crippen LogP contribution is 2.22. The van der Waals surface area contributed by atoms with E-state index in [1.165, 1.54) is 4.90 Å². The zero-order chi connectivity index (χ0) is 14.9. The number of rotatable bonds is 4. The highest BCUT2D eigenvalue weighted by molar-refractivity contribution is 5.89. The summed E-state index contributed by atoms with van der Waals surface area (Å²) in [6.45, 7) is 3.84. The maximum absolute atomic E-state index is 12.0. The number of amides is 2. The average molecular weight is 280 g/mol. The third-order valence-electron chi connectivity index (χ3n) is 3.59. The van der Waals surface area contributed by atoms with E-state index >= 15 is 0 Å². The van der Waals surface area contributed by atoms with Crippen LogP contribution in [-0.2, 0) is 15.2 Å². The molecule has 2 N–H and O–H groups in total. The summed E-state index contributed by atoms with van der Waals surface area (Å²) in [6.07, 6.45) is 0.227. The summed E-state index contributed by atoms with van der Waals surface area (Å²) in [5, 5.41) is 13.0. The van der Waals surface area contributed by atoms with Gasteiger partial charge in [-0.1, -0.05) is 0 Å². The molecule has 1 aliphatic heterocycles. The van der Waals surface area contributed by atoms with E-state index in [1.807, 2.05) is 0 Å². The number of carbonyl (C=O) groups excluding carboxylic acids is 2. The lowest BCUT2D eigenvalue weighted by atomic mass is 10.0. The van der Waals surface area contributed by atoms with Crippen LogP contribution in [-0.4, -0.2) is 42.0 Å². The van der Waals surface area contributed by atoms with E-state index in [1.54, 1.807) is 33.0 Å². The lowest BCUT2D eigenvalue weighted by molar-refractivity contribution is -0.128. The number of carbonyl (C=O) groups is 2. The summed E-state index contributed by atoms with van der Waals surface area (Å²) < 4.78 is 5.38. The van der Waals surface area contributed by atoms with E-state index in [0.29, 0.717) is 18.1 Å². The largest absolute Gasteiger partial charge is 0.463 e. The summed E-state index contributed by atoms with van der Waals surface area (Å²) >= 11 is 0. The molecule has 20 heavy (non-hydrogen) atoms. The average Bonchev–Trinajstić information content (AvgIpc) is 2.94. The van der Waals surface area contributed by atoms with Crippen LogP contribution >= 0.6 is 0 Å². The molecule has 1 aliphatic rings. The van der Waals surface area contributed by atoms with Crippen LogP contribution in [0.4, 0.5) is 0 Å². The van der Waals surface area contributed by atoms with Gasteiger partial charge in [0.05, 0.1) is 12.5 Å². The van der Waals surface area contributed by atoms with Crippen LogP contribution in [0.15, 0.2) is 16.5 Å². The van der Waals surface area contributed by atoms with Crippen molar-refractivity contribution in [3.63, 3.8) is 0 Å². The van der Waals surface area contributed by atoms with Crippen molar-refractivity contribution in [2.24, 2.45) is 5.92 Å². The molecule has 2 rings (SSSR count). The summed E-state index contributed by atoms with van der Waals surface area (Å²) in [7, 11) is 1.68. The van der Waals surface area contributed by atoms with Crippen molar-refractivity contribution in [2.45, 2.75) is 25.9 Å². The Morgan fingerprint density at radius 2 is 2.30 bits per heavy atom. The van der Waals surface area contributed by atoms with Gasteiger partial charge in [-0.15, -0.1) is 0 Å². The Hall–Kier alpha value is -1.82. The van der Waals surface area contributed by atoms with Crippen molar-refractivity contribution < 1.29 is 19.1 Å². The smallest absolute Gasteiger partial charge is 0.225 e. The van der Waals surface area contributed by atoms with Crippen molar-refractivity contribution in [2.75, 3.05) is 20.1 Å². The fourth-order valence-electron chi connectivity index (χ4n) is 2.25. The predicted octanol–water partition coefficient (Wildman–Crippen LogP) is 0.390. The zero-order valence-corrected chi connectivity index (χ0v) is 12.0. The monoisotopic (exact) mass is 280 g/mol. The minimum absolute atomic E-state index is 0.0291. The first kappa shape index (κ1) is 14.6. The molecular formula is C14H20N2O4. The number of aliphatic hydroxyl groups is 1. The highest BCUT2D eigenvalue weighted by Gasteiger charge is 2.34. The number of hydrogen-bond acceptors (Lipinski definition) is 4. The molecular weight excluding hydrogens is 260 g/mol. The van der Waals surface area contributed by atoms with E-state index in [2.05, 4.69) is 5.32 Å². The van der Waals surface area contributed by atoms with Crippen LogP contribution in [0, 0.1) is 12.8 Å². The van der Waals surface area contributed by atoms with Crippen molar-refractivity contribution in [3.8, 4) is 0 Å². The molecule has 2 atom stereocenters. The highest BCUT2D eigenvalue weighted by atomic mass is 16.4. The summed E-state index contributed by atoms with van der Waals surface area (Å²) in [5.41, 5.74) is -1.27. The molecule has 2 amide bonds. The molecule has 6 heteroatoms. The van der Waals surface area contributed by atoms with Crippen molar-refractivity contribution in [3.05, 3.63) is 23.7 Å². The van der Waals surface area contributed by atoms with Gasteiger partial charge < -0.3 is 19.7 Å². The molecule has 0 spiro atoms. The Morgan fingerprint density at radius 3 is 2.80 bits per heavy atom. The zero-order valence-electron chi connectivity index (χ0n) is 12.0. The van der Waals surface area contributed by atoms with Gasteiger partial charge in [0, 0.05) is 20.0 Å². The van der Waals surface area contributed by atoms with Crippen LogP contribution in [0.25, 0.3) is 0 Å². The third kappa shape index (κ3) is 3.01. The fourth-order valence-corrected chi connectivity index (χ4v) is 2.25. The predicted molar refractivity (Wildman–Crippen MR) is 71.8 cm³/mol.